The molecule has 0 aliphatic carbocycles. The van der Waals surface area contributed by atoms with Gasteiger partial charge >= 0.3 is 0 Å². The Morgan fingerprint density at radius 3 is 2.56 bits per heavy atom. The Hall–Kier alpha value is -0.123. The van der Waals surface area contributed by atoms with E-state index >= 15 is 0 Å². The highest BCUT2D eigenvalue weighted by Gasteiger charge is 2.23. The van der Waals surface area contributed by atoms with Crippen molar-refractivity contribution in [1.29, 1.82) is 0 Å². The zero-order valence-electron chi connectivity index (χ0n) is 10.5. The van der Waals surface area contributed by atoms with Crippen molar-refractivity contribution in [2.45, 2.75) is 38.6 Å². The molecule has 1 rings (SSSR count). The van der Waals surface area contributed by atoms with Gasteiger partial charge in [0, 0.05) is 11.1 Å². The van der Waals surface area contributed by atoms with Crippen LogP contribution in [0.3, 0.4) is 0 Å². The molecular weight excluding hydrogens is 280 g/mol. The second kappa shape index (κ2) is 5.99. The molecule has 0 heterocycles. The summed E-state index contributed by atoms with van der Waals surface area (Å²) < 4.78 is 6.92. The van der Waals surface area contributed by atoms with Crippen molar-refractivity contribution in [1.82, 2.24) is 0 Å². The van der Waals surface area contributed by atoms with Gasteiger partial charge in [-0.1, -0.05) is 55.0 Å². The summed E-state index contributed by atoms with van der Waals surface area (Å²) in [7, 11) is -0.307. The molecule has 0 bridgehead atoms. The summed E-state index contributed by atoms with van der Waals surface area (Å²) in [6.45, 7) is 10.8. The van der Waals surface area contributed by atoms with Crippen LogP contribution in [0.5, 0.6) is 0 Å². The molecule has 0 amide bonds. The molecule has 0 N–H and O–H groups in total. The highest BCUT2D eigenvalue weighted by molar-refractivity contribution is 9.10. The molecule has 0 aromatic heterocycles. The molecule has 1 radical (unpaired) electrons. The molecule has 0 atom stereocenters. The maximum Gasteiger partial charge on any atom is 0.0717 e. The number of halogens is 1. The molecule has 1 aromatic carbocycles. The van der Waals surface area contributed by atoms with E-state index in [0.29, 0.717) is 11.6 Å². The van der Waals surface area contributed by atoms with Crippen LogP contribution in [0.25, 0.3) is 0 Å². The molecule has 0 fully saturated rings. The smallest absolute Gasteiger partial charge is 0.0717 e. The van der Waals surface area contributed by atoms with Crippen molar-refractivity contribution in [2.24, 2.45) is 0 Å². The molecule has 0 unspecified atom stereocenters. The average molecular weight is 300 g/mol. The van der Waals surface area contributed by atoms with E-state index in [1.165, 1.54) is 5.56 Å². The Morgan fingerprint density at radius 2 is 2.00 bits per heavy atom. The van der Waals surface area contributed by atoms with Crippen LogP contribution < -0.4 is 0 Å². The lowest BCUT2D eigenvalue weighted by atomic mass is 10.2. The van der Waals surface area contributed by atoms with E-state index in [4.69, 9.17) is 4.74 Å². The first-order valence-corrected chi connectivity index (χ1v) is 8.84. The second-order valence-electron chi connectivity index (χ2n) is 5.01. The Bertz CT molecular complexity index is 336. The zero-order chi connectivity index (χ0) is 12.2. The number of hydrogen-bond acceptors (Lipinski definition) is 1. The first-order chi connectivity index (χ1) is 7.42. The van der Waals surface area contributed by atoms with Crippen LogP contribution in [0.15, 0.2) is 28.7 Å². The van der Waals surface area contributed by atoms with Crippen molar-refractivity contribution in [3.05, 3.63) is 34.3 Å². The van der Waals surface area contributed by atoms with Crippen LogP contribution in [-0.4, -0.2) is 15.4 Å². The van der Waals surface area contributed by atoms with Gasteiger partial charge < -0.3 is 4.74 Å². The van der Waals surface area contributed by atoms with Gasteiger partial charge in [-0.2, -0.15) is 0 Å². The third-order valence-corrected chi connectivity index (χ3v) is 6.32. The molecular formula is C13H20BrOSi. The quantitative estimate of drug-likeness (QED) is 0.727. The highest BCUT2D eigenvalue weighted by atomic mass is 79.9. The van der Waals surface area contributed by atoms with Crippen LogP contribution >= 0.6 is 15.9 Å². The molecule has 0 aliphatic heterocycles. The first-order valence-electron chi connectivity index (χ1n) is 5.54. The maximum atomic E-state index is 5.81. The van der Waals surface area contributed by atoms with E-state index in [9.17, 15) is 0 Å². The lowest BCUT2D eigenvalue weighted by Gasteiger charge is -2.27. The summed E-state index contributed by atoms with van der Waals surface area (Å²) in [6, 6.07) is 8.29. The summed E-state index contributed by atoms with van der Waals surface area (Å²) in [5, 5.41) is 0.344. The second-order valence-corrected chi connectivity index (χ2v) is 9.28. The maximum absolute atomic E-state index is 5.81. The highest BCUT2D eigenvalue weighted by Crippen LogP contribution is 2.28. The zero-order valence-corrected chi connectivity index (χ0v) is 13.1. The van der Waals surface area contributed by atoms with Crippen molar-refractivity contribution in [2.75, 3.05) is 6.61 Å². The van der Waals surface area contributed by atoms with Crippen molar-refractivity contribution < 1.29 is 4.74 Å². The fourth-order valence-electron chi connectivity index (χ4n) is 1.20. The number of hydrogen-bond donors (Lipinski definition) is 0. The third kappa shape index (κ3) is 4.40. The van der Waals surface area contributed by atoms with Gasteiger partial charge in [-0.15, -0.1) is 0 Å². The van der Waals surface area contributed by atoms with Gasteiger partial charge in [-0.3, -0.25) is 0 Å². The summed E-state index contributed by atoms with van der Waals surface area (Å²) in [6.07, 6.45) is 0. The predicted octanol–water partition coefficient (Wildman–Crippen LogP) is 4.50. The number of rotatable bonds is 5. The molecule has 1 aromatic rings. The van der Waals surface area contributed by atoms with E-state index in [2.05, 4.69) is 55.0 Å². The molecule has 0 spiro atoms. The fraction of sp³-hybridized carbons (Fsp3) is 0.538. The Labute approximate surface area is 109 Å². The minimum atomic E-state index is -0.307. The van der Waals surface area contributed by atoms with Crippen molar-refractivity contribution >= 4 is 24.7 Å². The fourth-order valence-corrected chi connectivity index (χ4v) is 2.03. The monoisotopic (exact) mass is 299 g/mol. The molecule has 0 saturated heterocycles. The Kier molecular flexibility index (Phi) is 5.22. The first kappa shape index (κ1) is 13.9. The number of ether oxygens (including phenoxy) is 1. The topological polar surface area (TPSA) is 9.23 Å². The van der Waals surface area contributed by atoms with Crippen LogP contribution in [0.2, 0.25) is 18.1 Å². The van der Waals surface area contributed by atoms with Crippen molar-refractivity contribution in [3.63, 3.8) is 0 Å². The molecule has 0 saturated carbocycles. The molecule has 1 nitrogen and oxygen atoms in total. The minimum absolute atomic E-state index is 0.307. The molecule has 3 heteroatoms. The van der Waals surface area contributed by atoms with Gasteiger partial charge in [0.25, 0.3) is 0 Å². The summed E-state index contributed by atoms with van der Waals surface area (Å²) in [4.78, 5) is 0. The van der Waals surface area contributed by atoms with E-state index in [0.717, 1.165) is 11.1 Å². The molecule has 89 valence electrons. The Balaban J connectivity index is 2.42. The van der Waals surface area contributed by atoms with E-state index < -0.39 is 0 Å². The third-order valence-electron chi connectivity index (χ3n) is 2.97. The summed E-state index contributed by atoms with van der Waals surface area (Å²) in [5.74, 6) is 0. The Morgan fingerprint density at radius 1 is 1.31 bits per heavy atom. The summed E-state index contributed by atoms with van der Waals surface area (Å²) >= 11 is 3.47. The molecule has 0 aliphatic rings. The molecule has 16 heavy (non-hydrogen) atoms. The van der Waals surface area contributed by atoms with Crippen molar-refractivity contribution in [3.8, 4) is 0 Å². The largest absolute Gasteiger partial charge is 0.377 e. The van der Waals surface area contributed by atoms with Crippen LogP contribution in [-0.2, 0) is 11.3 Å². The van der Waals surface area contributed by atoms with Crippen LogP contribution in [0.1, 0.15) is 19.4 Å². The predicted molar refractivity (Wildman–Crippen MR) is 75.3 cm³/mol. The van der Waals surface area contributed by atoms with E-state index in [-0.39, 0.29) is 8.80 Å². The van der Waals surface area contributed by atoms with E-state index in [1.807, 2.05) is 12.1 Å². The SMILES string of the molecule is C[Si](C)C(C)(C)COCc1cccc(Br)c1. The summed E-state index contributed by atoms with van der Waals surface area (Å²) in [5.41, 5.74) is 1.23. The minimum Gasteiger partial charge on any atom is -0.377 e. The van der Waals surface area contributed by atoms with Gasteiger partial charge in [0.15, 0.2) is 0 Å². The van der Waals surface area contributed by atoms with Crippen LogP contribution in [0.4, 0.5) is 0 Å². The normalized spacial score (nSPS) is 12.1. The van der Waals surface area contributed by atoms with Gasteiger partial charge in [0.1, 0.15) is 0 Å². The average Bonchev–Trinajstić information content (AvgIpc) is 2.17. The standard InChI is InChI=1S/C13H20BrOSi/c1-13(2,16(3)4)10-15-9-11-6-5-7-12(14)8-11/h5-8H,9-10H2,1-4H3. The van der Waals surface area contributed by atoms with Gasteiger partial charge in [0.2, 0.25) is 0 Å². The van der Waals surface area contributed by atoms with E-state index in [1.54, 1.807) is 0 Å². The lowest BCUT2D eigenvalue weighted by Crippen LogP contribution is -2.26. The van der Waals surface area contributed by atoms with Gasteiger partial charge in [-0.25, -0.2) is 0 Å². The number of benzene rings is 1. The van der Waals surface area contributed by atoms with Gasteiger partial charge in [-0.05, 0) is 22.7 Å². The lowest BCUT2D eigenvalue weighted by molar-refractivity contribution is 0.101. The van der Waals surface area contributed by atoms with Gasteiger partial charge in [0.05, 0.1) is 15.4 Å². The van der Waals surface area contributed by atoms with Crippen LogP contribution in [0, 0.1) is 0 Å².